The maximum atomic E-state index is 11.8. The number of aromatic nitrogens is 3. The van der Waals surface area contributed by atoms with Crippen molar-refractivity contribution in [1.29, 1.82) is 0 Å². The molecule has 0 aromatic carbocycles. The summed E-state index contributed by atoms with van der Waals surface area (Å²) in [7, 11) is 0. The molecule has 0 aliphatic carbocycles. The van der Waals surface area contributed by atoms with E-state index < -0.39 is 18.0 Å². The van der Waals surface area contributed by atoms with E-state index in [0.29, 0.717) is 24.7 Å². The van der Waals surface area contributed by atoms with Crippen LogP contribution in [0.15, 0.2) is 29.0 Å². The maximum absolute atomic E-state index is 11.8. The van der Waals surface area contributed by atoms with E-state index >= 15 is 0 Å². The van der Waals surface area contributed by atoms with Crippen molar-refractivity contribution in [3.8, 4) is 11.4 Å². The number of nitrogens with one attached hydrogen (secondary N) is 3. The topological polar surface area (TPSA) is 139 Å². The number of rotatable bonds is 7. The number of urea groups is 1. The lowest BCUT2D eigenvalue weighted by molar-refractivity contribution is -0.122. The number of imide groups is 1. The Morgan fingerprint density at radius 2 is 2.24 bits per heavy atom. The van der Waals surface area contributed by atoms with Crippen LogP contribution in [-0.4, -0.2) is 45.6 Å². The third-order valence-electron chi connectivity index (χ3n) is 3.57. The zero-order valence-corrected chi connectivity index (χ0v) is 13.2. The van der Waals surface area contributed by atoms with Gasteiger partial charge in [-0.25, -0.2) is 4.79 Å². The molecule has 0 saturated carbocycles. The second-order valence-electron chi connectivity index (χ2n) is 5.41. The number of carbonyl (C=O) groups excluding carboxylic acids is 3. The summed E-state index contributed by atoms with van der Waals surface area (Å²) in [5.41, 5.74) is 0.749. The maximum Gasteiger partial charge on any atom is 0.322 e. The zero-order valence-electron chi connectivity index (χ0n) is 13.2. The van der Waals surface area contributed by atoms with Gasteiger partial charge in [0.05, 0.1) is 0 Å². The van der Waals surface area contributed by atoms with Crippen LogP contribution in [-0.2, 0) is 16.0 Å². The molecule has 130 valence electrons. The smallest absolute Gasteiger partial charge is 0.322 e. The molecular weight excluding hydrogens is 328 g/mol. The van der Waals surface area contributed by atoms with E-state index in [4.69, 9.17) is 4.52 Å². The van der Waals surface area contributed by atoms with Crippen LogP contribution in [0.25, 0.3) is 11.4 Å². The molecule has 0 bridgehead atoms. The lowest BCUT2D eigenvalue weighted by Gasteiger charge is -2.07. The van der Waals surface area contributed by atoms with Crippen LogP contribution in [0.3, 0.4) is 0 Å². The highest BCUT2D eigenvalue weighted by Crippen LogP contribution is 2.13. The number of hydrogen-bond donors (Lipinski definition) is 3. The Morgan fingerprint density at radius 1 is 1.36 bits per heavy atom. The van der Waals surface area contributed by atoms with E-state index in [-0.39, 0.29) is 18.7 Å². The van der Waals surface area contributed by atoms with Crippen molar-refractivity contribution in [3.63, 3.8) is 0 Å². The van der Waals surface area contributed by atoms with Gasteiger partial charge < -0.3 is 15.2 Å². The first kappa shape index (κ1) is 16.6. The quantitative estimate of drug-likeness (QED) is 0.590. The predicted molar refractivity (Wildman–Crippen MR) is 83.9 cm³/mol. The molecular formula is C15H16N6O4. The minimum Gasteiger partial charge on any atom is -0.356 e. The molecule has 1 aliphatic rings. The summed E-state index contributed by atoms with van der Waals surface area (Å²) < 4.78 is 5.13. The van der Waals surface area contributed by atoms with Crippen molar-refractivity contribution < 1.29 is 18.9 Å². The minimum atomic E-state index is -0.656. The third-order valence-corrected chi connectivity index (χ3v) is 3.57. The van der Waals surface area contributed by atoms with E-state index in [1.54, 1.807) is 18.5 Å². The van der Waals surface area contributed by atoms with Gasteiger partial charge >= 0.3 is 6.03 Å². The van der Waals surface area contributed by atoms with Crippen molar-refractivity contribution in [2.75, 3.05) is 6.54 Å². The number of pyridine rings is 1. The Hall–Kier alpha value is -3.30. The summed E-state index contributed by atoms with van der Waals surface area (Å²) in [6.45, 7) is 0.330. The van der Waals surface area contributed by atoms with Gasteiger partial charge in [-0.1, -0.05) is 5.16 Å². The molecule has 1 fully saturated rings. The number of hydrogen-bond acceptors (Lipinski definition) is 7. The second-order valence-corrected chi connectivity index (χ2v) is 5.41. The first-order valence-corrected chi connectivity index (χ1v) is 7.73. The highest BCUT2D eigenvalue weighted by atomic mass is 16.5. The first-order chi connectivity index (χ1) is 12.1. The van der Waals surface area contributed by atoms with Crippen molar-refractivity contribution in [2.45, 2.75) is 25.3 Å². The molecule has 10 nitrogen and oxygen atoms in total. The number of amides is 4. The fourth-order valence-corrected chi connectivity index (χ4v) is 2.30. The summed E-state index contributed by atoms with van der Waals surface area (Å²) in [5.74, 6) is 0.214. The summed E-state index contributed by atoms with van der Waals surface area (Å²) >= 11 is 0. The SMILES string of the molecule is O=C(CC[C@@H]1NC(=O)NC1=O)NCCc1nc(-c2cccnc2)no1. The lowest BCUT2D eigenvalue weighted by atomic mass is 10.1. The van der Waals surface area contributed by atoms with Gasteiger partial charge in [0.2, 0.25) is 17.6 Å². The summed E-state index contributed by atoms with van der Waals surface area (Å²) in [6.07, 6.45) is 4.05. The van der Waals surface area contributed by atoms with Gasteiger partial charge in [-0.3, -0.25) is 19.9 Å². The third kappa shape index (κ3) is 4.37. The fourth-order valence-electron chi connectivity index (χ4n) is 2.30. The van der Waals surface area contributed by atoms with Gasteiger partial charge in [0.25, 0.3) is 5.91 Å². The van der Waals surface area contributed by atoms with Gasteiger partial charge in [0.1, 0.15) is 6.04 Å². The molecule has 0 unspecified atom stereocenters. The molecule has 4 amide bonds. The van der Waals surface area contributed by atoms with E-state index in [0.717, 1.165) is 5.56 Å². The molecule has 25 heavy (non-hydrogen) atoms. The molecule has 1 saturated heterocycles. The first-order valence-electron chi connectivity index (χ1n) is 7.73. The van der Waals surface area contributed by atoms with Crippen molar-refractivity contribution >= 4 is 17.8 Å². The van der Waals surface area contributed by atoms with Crippen LogP contribution in [0.2, 0.25) is 0 Å². The molecule has 10 heteroatoms. The van der Waals surface area contributed by atoms with Gasteiger partial charge in [-0.2, -0.15) is 4.98 Å². The molecule has 2 aromatic rings. The summed E-state index contributed by atoms with van der Waals surface area (Å²) in [6, 6.07) is 2.41. The van der Waals surface area contributed by atoms with Crippen LogP contribution < -0.4 is 16.0 Å². The van der Waals surface area contributed by atoms with Crippen molar-refractivity contribution in [2.24, 2.45) is 0 Å². The van der Waals surface area contributed by atoms with Gasteiger partial charge in [0, 0.05) is 37.3 Å². The lowest BCUT2D eigenvalue weighted by Crippen LogP contribution is -2.32. The molecule has 1 atom stereocenters. The van der Waals surface area contributed by atoms with Crippen LogP contribution in [0, 0.1) is 0 Å². The van der Waals surface area contributed by atoms with Gasteiger partial charge in [0.15, 0.2) is 0 Å². The molecule has 1 aliphatic heterocycles. The van der Waals surface area contributed by atoms with Gasteiger partial charge in [-0.05, 0) is 18.6 Å². The van der Waals surface area contributed by atoms with Crippen LogP contribution >= 0.6 is 0 Å². The molecule has 3 heterocycles. The molecule has 3 N–H and O–H groups in total. The second kappa shape index (κ2) is 7.51. The highest BCUT2D eigenvalue weighted by molar-refractivity contribution is 6.04. The van der Waals surface area contributed by atoms with Gasteiger partial charge in [-0.15, -0.1) is 0 Å². The van der Waals surface area contributed by atoms with Crippen LogP contribution in [0.5, 0.6) is 0 Å². The minimum absolute atomic E-state index is 0.128. The Bertz CT molecular complexity index is 775. The predicted octanol–water partition coefficient (Wildman–Crippen LogP) is -0.221. The van der Waals surface area contributed by atoms with Crippen molar-refractivity contribution in [1.82, 2.24) is 31.1 Å². The molecule has 0 spiro atoms. The fraction of sp³-hybridized carbons (Fsp3) is 0.333. The monoisotopic (exact) mass is 344 g/mol. The van der Waals surface area contributed by atoms with Crippen LogP contribution in [0.1, 0.15) is 18.7 Å². The summed E-state index contributed by atoms with van der Waals surface area (Å²) in [4.78, 5) is 42.3. The van der Waals surface area contributed by atoms with E-state index in [1.807, 2.05) is 6.07 Å². The van der Waals surface area contributed by atoms with E-state index in [1.165, 1.54) is 0 Å². The standard InChI is InChI=1S/C15H16N6O4/c22-11(4-3-10-14(23)20-15(24)18-10)17-7-5-12-19-13(21-25-12)9-2-1-6-16-8-9/h1-2,6,8,10H,3-5,7H2,(H,17,22)(H2,18,20,23,24)/t10-/m0/s1. The average Bonchev–Trinajstić information content (AvgIpc) is 3.20. The number of nitrogens with zero attached hydrogens (tertiary/aromatic N) is 3. The molecule has 2 aromatic heterocycles. The number of carbonyl (C=O) groups is 3. The Kier molecular flexibility index (Phi) is 4.97. The van der Waals surface area contributed by atoms with Crippen LogP contribution in [0.4, 0.5) is 4.79 Å². The largest absolute Gasteiger partial charge is 0.356 e. The zero-order chi connectivity index (χ0) is 17.6. The van der Waals surface area contributed by atoms with E-state index in [2.05, 4.69) is 31.1 Å². The molecule has 0 radical (unpaired) electrons. The Morgan fingerprint density at radius 3 is 2.96 bits per heavy atom. The Balaban J connectivity index is 1.39. The normalized spacial score (nSPS) is 16.4. The van der Waals surface area contributed by atoms with Crippen molar-refractivity contribution in [3.05, 3.63) is 30.4 Å². The van der Waals surface area contributed by atoms with E-state index in [9.17, 15) is 14.4 Å². The summed E-state index contributed by atoms with van der Waals surface area (Å²) in [5, 5.41) is 11.1. The Labute approximate surface area is 142 Å². The molecule has 3 rings (SSSR count). The highest BCUT2D eigenvalue weighted by Gasteiger charge is 2.29. The average molecular weight is 344 g/mol.